The van der Waals surface area contributed by atoms with Crippen LogP contribution in [0.2, 0.25) is 0 Å². The zero-order chi connectivity index (χ0) is 35.6. The van der Waals surface area contributed by atoms with E-state index < -0.39 is 5.41 Å². The number of para-hydroxylation sites is 1. The van der Waals surface area contributed by atoms with Crippen molar-refractivity contribution in [3.05, 3.63) is 216 Å². The van der Waals surface area contributed by atoms with Crippen LogP contribution in [0, 0.1) is 0 Å². The van der Waals surface area contributed by atoms with Gasteiger partial charge in [0.1, 0.15) is 11.5 Å². The lowest BCUT2D eigenvalue weighted by Gasteiger charge is -2.39. The van der Waals surface area contributed by atoms with Crippen molar-refractivity contribution in [3.8, 4) is 67.7 Å². The highest BCUT2D eigenvalue weighted by Crippen LogP contribution is 2.62. The summed E-state index contributed by atoms with van der Waals surface area (Å²) in [6.07, 6.45) is 0. The van der Waals surface area contributed by atoms with Crippen LogP contribution in [0.15, 0.2) is 194 Å². The Hall–Kier alpha value is -7.10. The largest absolute Gasteiger partial charge is 0.457 e. The lowest BCUT2D eigenvalue weighted by atomic mass is 9.66. The molecule has 0 radical (unpaired) electrons. The second-order valence-corrected chi connectivity index (χ2v) is 14.1. The van der Waals surface area contributed by atoms with E-state index in [2.05, 4.69) is 176 Å². The van der Waals surface area contributed by atoms with Gasteiger partial charge in [0, 0.05) is 27.8 Å². The Morgan fingerprint density at radius 1 is 0.352 bits per heavy atom. The Balaban J connectivity index is 1.05. The van der Waals surface area contributed by atoms with Gasteiger partial charge in [-0.1, -0.05) is 170 Å². The molecule has 3 heteroatoms. The zero-order valence-corrected chi connectivity index (χ0v) is 29.3. The van der Waals surface area contributed by atoms with Crippen molar-refractivity contribution in [1.29, 1.82) is 0 Å². The number of hydrogen-bond acceptors (Lipinski definition) is 3. The smallest absolute Gasteiger partial charge is 0.160 e. The van der Waals surface area contributed by atoms with Crippen LogP contribution in [0.1, 0.15) is 22.3 Å². The van der Waals surface area contributed by atoms with Gasteiger partial charge >= 0.3 is 0 Å². The molecular weight excluding hydrogens is 657 g/mol. The summed E-state index contributed by atoms with van der Waals surface area (Å²) in [5.74, 6) is 2.49. The fraction of sp³-hybridized carbons (Fsp3) is 0.0196. The maximum Gasteiger partial charge on any atom is 0.160 e. The number of rotatable bonds is 4. The Morgan fingerprint density at radius 3 is 1.72 bits per heavy atom. The van der Waals surface area contributed by atoms with Gasteiger partial charge in [-0.05, 0) is 68.4 Å². The maximum atomic E-state index is 6.67. The molecule has 11 rings (SSSR count). The first-order valence-electron chi connectivity index (χ1n) is 18.4. The van der Waals surface area contributed by atoms with Gasteiger partial charge in [0.25, 0.3) is 0 Å². The summed E-state index contributed by atoms with van der Waals surface area (Å²) in [6.45, 7) is 0. The van der Waals surface area contributed by atoms with Crippen molar-refractivity contribution in [3.63, 3.8) is 0 Å². The third-order valence-corrected chi connectivity index (χ3v) is 11.2. The molecule has 0 atom stereocenters. The molecule has 0 fully saturated rings. The molecule has 2 heterocycles. The lowest BCUT2D eigenvalue weighted by Crippen LogP contribution is -2.32. The molecule has 3 nitrogen and oxygen atoms in total. The molecule has 2 aliphatic rings. The van der Waals surface area contributed by atoms with Gasteiger partial charge < -0.3 is 4.74 Å². The summed E-state index contributed by atoms with van der Waals surface area (Å²) >= 11 is 0. The van der Waals surface area contributed by atoms with E-state index >= 15 is 0 Å². The second-order valence-electron chi connectivity index (χ2n) is 14.1. The highest BCUT2D eigenvalue weighted by atomic mass is 16.5. The first kappa shape index (κ1) is 30.5. The number of nitrogens with zero attached hydrogens (tertiary/aromatic N) is 2. The number of ether oxygens (including phenoxy) is 1. The van der Waals surface area contributed by atoms with E-state index in [1.54, 1.807) is 0 Å². The van der Waals surface area contributed by atoms with E-state index in [9.17, 15) is 0 Å². The summed E-state index contributed by atoms with van der Waals surface area (Å²) in [7, 11) is 0. The molecule has 1 spiro atoms. The molecule has 0 unspecified atom stereocenters. The average molecular weight is 689 g/mol. The topological polar surface area (TPSA) is 35.0 Å². The molecule has 0 N–H and O–H groups in total. The van der Waals surface area contributed by atoms with Crippen LogP contribution in [0.25, 0.3) is 66.9 Å². The highest BCUT2D eigenvalue weighted by molar-refractivity contribution is 5.96. The fourth-order valence-corrected chi connectivity index (χ4v) is 8.77. The predicted octanol–water partition coefficient (Wildman–Crippen LogP) is 12.8. The van der Waals surface area contributed by atoms with E-state index in [0.29, 0.717) is 5.82 Å². The van der Waals surface area contributed by atoms with E-state index in [4.69, 9.17) is 14.7 Å². The fourth-order valence-electron chi connectivity index (χ4n) is 8.77. The molecule has 0 saturated heterocycles. The van der Waals surface area contributed by atoms with Crippen LogP contribution in [-0.2, 0) is 5.41 Å². The summed E-state index contributed by atoms with van der Waals surface area (Å²) < 4.78 is 6.67. The standard InChI is InChI=1S/C51H32N2O/c1-2-14-36(15-3-1)50-52-46(32-47(53-50)41-20-12-16-34-13-4-5-17-38(34)41)35-27-25-33(26-28-35)37-29-30-49-45(31-37)51(44-23-10-11-24-48(44)54-49)42-21-8-6-18-39(42)40-19-7-9-22-43(40)51/h1-32H. The van der Waals surface area contributed by atoms with E-state index in [-0.39, 0.29) is 0 Å². The minimum atomic E-state index is -0.500. The number of benzene rings is 8. The average Bonchev–Trinajstić information content (AvgIpc) is 3.54. The van der Waals surface area contributed by atoms with E-state index in [1.807, 2.05) is 18.2 Å². The van der Waals surface area contributed by atoms with Crippen LogP contribution in [-0.4, -0.2) is 9.97 Å². The summed E-state index contributed by atoms with van der Waals surface area (Å²) in [4.78, 5) is 10.2. The zero-order valence-electron chi connectivity index (χ0n) is 29.3. The van der Waals surface area contributed by atoms with Crippen molar-refractivity contribution in [1.82, 2.24) is 9.97 Å². The molecule has 9 aromatic rings. The molecule has 1 aromatic heterocycles. The van der Waals surface area contributed by atoms with Crippen molar-refractivity contribution in [2.45, 2.75) is 5.41 Å². The van der Waals surface area contributed by atoms with Crippen molar-refractivity contribution < 1.29 is 4.74 Å². The molecular formula is C51H32N2O. The third kappa shape index (κ3) is 4.55. The van der Waals surface area contributed by atoms with Gasteiger partial charge in [-0.15, -0.1) is 0 Å². The van der Waals surface area contributed by atoms with E-state index in [1.165, 1.54) is 38.6 Å². The number of hydrogen-bond donors (Lipinski definition) is 0. The maximum absolute atomic E-state index is 6.67. The van der Waals surface area contributed by atoms with Crippen LogP contribution in [0.4, 0.5) is 0 Å². The first-order chi connectivity index (χ1) is 26.8. The monoisotopic (exact) mass is 688 g/mol. The van der Waals surface area contributed by atoms with Gasteiger partial charge in [-0.3, -0.25) is 0 Å². The van der Waals surface area contributed by atoms with Gasteiger partial charge in [0.15, 0.2) is 5.82 Å². The summed E-state index contributed by atoms with van der Waals surface area (Å²) in [5, 5.41) is 2.36. The molecule has 0 amide bonds. The van der Waals surface area contributed by atoms with Gasteiger partial charge in [0.2, 0.25) is 0 Å². The predicted molar refractivity (Wildman–Crippen MR) is 219 cm³/mol. The molecule has 1 aliphatic heterocycles. The lowest BCUT2D eigenvalue weighted by molar-refractivity contribution is 0.436. The molecule has 0 saturated carbocycles. The van der Waals surface area contributed by atoms with Crippen molar-refractivity contribution in [2.24, 2.45) is 0 Å². The van der Waals surface area contributed by atoms with Crippen LogP contribution >= 0.6 is 0 Å². The second kappa shape index (κ2) is 12.0. The Bertz CT molecular complexity index is 2860. The molecule has 0 bridgehead atoms. The third-order valence-electron chi connectivity index (χ3n) is 11.2. The molecule has 252 valence electrons. The van der Waals surface area contributed by atoms with Gasteiger partial charge in [-0.2, -0.15) is 0 Å². The summed E-state index contributed by atoms with van der Waals surface area (Å²) in [5.41, 5.74) is 14.1. The molecule has 8 aromatic carbocycles. The highest BCUT2D eigenvalue weighted by Gasteiger charge is 2.50. The number of fused-ring (bicyclic) bond motifs is 10. The van der Waals surface area contributed by atoms with Crippen LogP contribution in [0.3, 0.4) is 0 Å². The van der Waals surface area contributed by atoms with Gasteiger partial charge in [-0.25, -0.2) is 9.97 Å². The Morgan fingerprint density at radius 2 is 0.926 bits per heavy atom. The van der Waals surface area contributed by atoms with Crippen LogP contribution in [0.5, 0.6) is 11.5 Å². The number of aromatic nitrogens is 2. The normalized spacial score (nSPS) is 13.1. The van der Waals surface area contributed by atoms with Crippen LogP contribution < -0.4 is 4.74 Å². The Labute approximate surface area is 313 Å². The van der Waals surface area contributed by atoms with Crippen molar-refractivity contribution in [2.75, 3.05) is 0 Å². The SMILES string of the molecule is c1ccc(-c2nc(-c3ccc(-c4ccc5c(c4)C4(c6ccccc6O5)c5ccccc5-c5ccccc54)cc3)cc(-c3cccc4ccccc34)n2)cc1. The van der Waals surface area contributed by atoms with E-state index in [0.717, 1.165) is 56.3 Å². The Kier molecular flexibility index (Phi) is 6.77. The minimum Gasteiger partial charge on any atom is -0.457 e. The molecule has 1 aliphatic carbocycles. The minimum absolute atomic E-state index is 0.500. The van der Waals surface area contributed by atoms with Crippen molar-refractivity contribution >= 4 is 10.8 Å². The van der Waals surface area contributed by atoms with Gasteiger partial charge in [0.05, 0.1) is 16.8 Å². The quantitative estimate of drug-likeness (QED) is 0.185. The molecule has 54 heavy (non-hydrogen) atoms. The first-order valence-corrected chi connectivity index (χ1v) is 18.4. The summed E-state index contributed by atoms with van der Waals surface area (Å²) in [6, 6.07) is 68.9.